The third-order valence-electron chi connectivity index (χ3n) is 5.06. The highest BCUT2D eigenvalue weighted by molar-refractivity contribution is 9.10. The van der Waals surface area contributed by atoms with Crippen LogP contribution in [0.4, 0.5) is 5.69 Å². The zero-order chi connectivity index (χ0) is 23.3. The molecule has 0 fully saturated rings. The largest absolute Gasteiger partial charge is 0.496 e. The summed E-state index contributed by atoms with van der Waals surface area (Å²) in [6, 6.07) is 19.2. The third-order valence-corrected chi connectivity index (χ3v) is 7.45. The molecule has 0 heterocycles. The first-order valence-electron chi connectivity index (χ1n) is 9.96. The van der Waals surface area contributed by atoms with Gasteiger partial charge in [-0.3, -0.25) is 9.10 Å². The number of amides is 1. The summed E-state index contributed by atoms with van der Waals surface area (Å²) in [5.41, 5.74) is 3.43. The Morgan fingerprint density at radius 1 is 1.03 bits per heavy atom. The van der Waals surface area contributed by atoms with Gasteiger partial charge in [-0.1, -0.05) is 42.0 Å². The summed E-state index contributed by atoms with van der Waals surface area (Å²) in [5.74, 6) is 0.117. The maximum Gasteiger partial charge on any atom is 0.264 e. The molecule has 3 aromatic carbocycles. The van der Waals surface area contributed by atoms with E-state index in [0.717, 1.165) is 21.0 Å². The topological polar surface area (TPSA) is 75.7 Å². The van der Waals surface area contributed by atoms with Crippen LogP contribution in [0.5, 0.6) is 5.75 Å². The van der Waals surface area contributed by atoms with Crippen LogP contribution in [0.25, 0.3) is 0 Å². The van der Waals surface area contributed by atoms with Crippen LogP contribution in [0, 0.1) is 13.8 Å². The van der Waals surface area contributed by atoms with Gasteiger partial charge in [0.1, 0.15) is 12.3 Å². The van der Waals surface area contributed by atoms with Gasteiger partial charge < -0.3 is 10.1 Å². The Balaban J connectivity index is 1.90. The van der Waals surface area contributed by atoms with Crippen LogP contribution in [0.1, 0.15) is 16.7 Å². The molecule has 3 rings (SSSR count). The van der Waals surface area contributed by atoms with E-state index in [4.69, 9.17) is 4.74 Å². The Labute approximate surface area is 197 Å². The third kappa shape index (κ3) is 5.49. The monoisotopic (exact) mass is 516 g/mol. The number of anilines is 1. The lowest BCUT2D eigenvalue weighted by molar-refractivity contribution is -0.119. The molecule has 6 nitrogen and oxygen atoms in total. The number of hydrogen-bond acceptors (Lipinski definition) is 4. The van der Waals surface area contributed by atoms with Crippen LogP contribution >= 0.6 is 15.9 Å². The Hall–Kier alpha value is -2.84. The number of nitrogens with zero attached hydrogens (tertiary/aromatic N) is 1. The summed E-state index contributed by atoms with van der Waals surface area (Å²) in [4.78, 5) is 12.8. The number of sulfonamides is 1. The molecule has 3 aromatic rings. The maximum atomic E-state index is 13.5. The molecule has 0 saturated carbocycles. The lowest BCUT2D eigenvalue weighted by atomic mass is 10.1. The second-order valence-electron chi connectivity index (χ2n) is 7.35. The summed E-state index contributed by atoms with van der Waals surface area (Å²) in [5, 5.41) is 2.83. The van der Waals surface area contributed by atoms with Crippen LogP contribution in [-0.4, -0.2) is 28.0 Å². The van der Waals surface area contributed by atoms with Gasteiger partial charge >= 0.3 is 0 Å². The van der Waals surface area contributed by atoms with Gasteiger partial charge in [-0.05, 0) is 71.2 Å². The van der Waals surface area contributed by atoms with Crippen LogP contribution in [0.3, 0.4) is 0 Å². The highest BCUT2D eigenvalue weighted by Gasteiger charge is 2.28. The average molecular weight is 517 g/mol. The molecule has 0 radical (unpaired) electrons. The lowest BCUT2D eigenvalue weighted by Gasteiger charge is -2.24. The van der Waals surface area contributed by atoms with Crippen LogP contribution in [0.15, 0.2) is 76.1 Å². The van der Waals surface area contributed by atoms with Gasteiger partial charge in [-0.25, -0.2) is 8.42 Å². The van der Waals surface area contributed by atoms with Crippen molar-refractivity contribution < 1.29 is 17.9 Å². The quantitative estimate of drug-likeness (QED) is 0.475. The number of ether oxygens (including phenoxy) is 1. The fourth-order valence-electron chi connectivity index (χ4n) is 3.15. The number of carbonyl (C=O) groups excluding carboxylic acids is 1. The van der Waals surface area contributed by atoms with Crippen molar-refractivity contribution in [1.82, 2.24) is 5.32 Å². The van der Waals surface area contributed by atoms with Crippen molar-refractivity contribution in [3.8, 4) is 5.75 Å². The molecule has 0 saturated heterocycles. The molecule has 0 bridgehead atoms. The normalized spacial score (nSPS) is 11.1. The summed E-state index contributed by atoms with van der Waals surface area (Å²) in [7, 11) is -2.51. The van der Waals surface area contributed by atoms with Gasteiger partial charge in [0.05, 0.1) is 22.2 Å². The van der Waals surface area contributed by atoms with Gasteiger partial charge in [0.2, 0.25) is 5.91 Å². The number of methoxy groups -OCH3 is 1. The molecule has 0 aromatic heterocycles. The van der Waals surface area contributed by atoms with Crippen LogP contribution < -0.4 is 14.4 Å². The number of benzene rings is 3. The van der Waals surface area contributed by atoms with Gasteiger partial charge in [0.25, 0.3) is 10.0 Å². The van der Waals surface area contributed by atoms with E-state index < -0.39 is 15.9 Å². The van der Waals surface area contributed by atoms with Gasteiger partial charge in [0.15, 0.2) is 0 Å². The van der Waals surface area contributed by atoms with Crippen molar-refractivity contribution in [3.05, 3.63) is 87.9 Å². The van der Waals surface area contributed by atoms with E-state index in [1.807, 2.05) is 50.2 Å². The first kappa shape index (κ1) is 23.8. The summed E-state index contributed by atoms with van der Waals surface area (Å²) >= 11 is 3.34. The summed E-state index contributed by atoms with van der Waals surface area (Å²) in [6.07, 6.45) is 0. The number of carbonyl (C=O) groups is 1. The zero-order valence-corrected chi connectivity index (χ0v) is 20.5. The summed E-state index contributed by atoms with van der Waals surface area (Å²) in [6.45, 7) is 3.85. The SMILES string of the molecule is COc1ccc(S(=O)(=O)N(CC(=O)NCc2ccccc2C)c2ccc(C)cc2)cc1Br. The smallest absolute Gasteiger partial charge is 0.264 e. The predicted molar refractivity (Wildman–Crippen MR) is 129 cm³/mol. The Bertz CT molecular complexity index is 1210. The number of rotatable bonds is 8. The molecule has 0 spiro atoms. The van der Waals surface area contributed by atoms with E-state index in [9.17, 15) is 13.2 Å². The molecule has 32 heavy (non-hydrogen) atoms. The van der Waals surface area contributed by atoms with Crippen molar-refractivity contribution in [2.75, 3.05) is 18.0 Å². The number of aryl methyl sites for hydroxylation is 2. The minimum atomic E-state index is -4.01. The highest BCUT2D eigenvalue weighted by atomic mass is 79.9. The molecule has 0 aliphatic carbocycles. The number of halogens is 1. The molecular formula is C24H25BrN2O4S. The second kappa shape index (κ2) is 10.2. The second-order valence-corrected chi connectivity index (χ2v) is 10.1. The Morgan fingerprint density at radius 2 is 1.72 bits per heavy atom. The first-order chi connectivity index (χ1) is 15.2. The molecule has 0 atom stereocenters. The van der Waals surface area contributed by atoms with E-state index >= 15 is 0 Å². The van der Waals surface area contributed by atoms with Crippen LogP contribution in [-0.2, 0) is 21.4 Å². The van der Waals surface area contributed by atoms with E-state index in [2.05, 4.69) is 21.2 Å². The van der Waals surface area contributed by atoms with Crippen molar-refractivity contribution in [1.29, 1.82) is 0 Å². The van der Waals surface area contributed by atoms with Gasteiger partial charge in [-0.15, -0.1) is 0 Å². The molecule has 0 aliphatic heterocycles. The Morgan fingerprint density at radius 3 is 2.34 bits per heavy atom. The molecule has 0 unspecified atom stereocenters. The lowest BCUT2D eigenvalue weighted by Crippen LogP contribution is -2.40. The van der Waals surface area contributed by atoms with Crippen LogP contribution in [0.2, 0.25) is 0 Å². The Kier molecular flexibility index (Phi) is 7.58. The van der Waals surface area contributed by atoms with Crippen molar-refractivity contribution >= 4 is 37.5 Å². The minimum absolute atomic E-state index is 0.0532. The molecule has 1 amide bonds. The van der Waals surface area contributed by atoms with Crippen molar-refractivity contribution in [2.45, 2.75) is 25.3 Å². The maximum absolute atomic E-state index is 13.5. The number of hydrogen-bond donors (Lipinski definition) is 1. The first-order valence-corrected chi connectivity index (χ1v) is 12.2. The molecular weight excluding hydrogens is 492 g/mol. The standard InChI is InChI=1S/C24H25BrN2O4S/c1-17-8-10-20(11-9-17)27(16-24(28)26-15-19-7-5-4-6-18(19)2)32(29,30)21-12-13-23(31-3)22(25)14-21/h4-14H,15-16H2,1-3H3,(H,26,28). The van der Waals surface area contributed by atoms with E-state index in [1.54, 1.807) is 18.2 Å². The fourth-order valence-corrected chi connectivity index (χ4v) is 5.29. The van der Waals surface area contributed by atoms with Crippen molar-refractivity contribution in [3.63, 3.8) is 0 Å². The van der Waals surface area contributed by atoms with E-state index in [0.29, 0.717) is 22.5 Å². The molecule has 0 aliphatic rings. The molecule has 8 heteroatoms. The van der Waals surface area contributed by atoms with E-state index in [1.165, 1.54) is 19.2 Å². The summed E-state index contributed by atoms with van der Waals surface area (Å²) < 4.78 is 33.9. The molecule has 168 valence electrons. The average Bonchev–Trinajstić information content (AvgIpc) is 2.77. The van der Waals surface area contributed by atoms with Gasteiger partial charge in [-0.2, -0.15) is 0 Å². The zero-order valence-electron chi connectivity index (χ0n) is 18.1. The van der Waals surface area contributed by atoms with Crippen molar-refractivity contribution in [2.24, 2.45) is 0 Å². The van der Waals surface area contributed by atoms with Gasteiger partial charge in [0, 0.05) is 6.54 Å². The predicted octanol–water partition coefficient (Wildman–Crippen LogP) is 4.59. The number of nitrogens with one attached hydrogen (secondary N) is 1. The fraction of sp³-hybridized carbons (Fsp3) is 0.208. The minimum Gasteiger partial charge on any atom is -0.496 e. The highest BCUT2D eigenvalue weighted by Crippen LogP contribution is 2.30. The molecule has 1 N–H and O–H groups in total. The van der Waals surface area contributed by atoms with E-state index in [-0.39, 0.29) is 11.4 Å².